The Hall–Kier alpha value is -0.750. The predicted molar refractivity (Wildman–Crippen MR) is 67.4 cm³/mol. The van der Waals surface area contributed by atoms with E-state index in [-0.39, 0.29) is 0 Å². The lowest BCUT2D eigenvalue weighted by atomic mass is 10.1. The Kier molecular flexibility index (Phi) is 7.17. The highest BCUT2D eigenvalue weighted by molar-refractivity contribution is 4.84. The van der Waals surface area contributed by atoms with Crippen LogP contribution in [0.15, 0.2) is 0 Å². The van der Waals surface area contributed by atoms with E-state index in [9.17, 15) is 39.5 Å². The van der Waals surface area contributed by atoms with Gasteiger partial charge in [-0.25, -0.2) is 0 Å². The Morgan fingerprint density at radius 3 is 0.833 bits per heavy atom. The number of rotatable bonds is 0. The van der Waals surface area contributed by atoms with Crippen molar-refractivity contribution >= 4 is 0 Å². The molecule has 0 aliphatic carbocycles. The fourth-order valence-electron chi connectivity index (χ4n) is 2.35. The molecule has 12 heteroatoms. The average molecular weight is 375 g/mol. The second-order valence-corrected chi connectivity index (χ2v) is 5.51. The number of hydrogen-bond donors (Lipinski definition) is 3. The van der Waals surface area contributed by atoms with Crippen LogP contribution >= 0.6 is 0 Å². The Bertz CT molecular complexity index is 308. The highest BCUT2D eigenvalue weighted by Crippen LogP contribution is 2.27. The quantitative estimate of drug-likeness (QED) is 0.570. The topological polar surface area (TPSA) is 36.1 Å². The molecule has 0 aromatic rings. The van der Waals surface area contributed by atoms with E-state index in [1.807, 2.05) is 16.0 Å². The monoisotopic (exact) mass is 375 g/mol. The molecule has 1 aliphatic heterocycles. The van der Waals surface area contributed by atoms with Crippen LogP contribution in [0.3, 0.4) is 0 Å². The highest BCUT2D eigenvalue weighted by atomic mass is 19.4. The fourth-order valence-corrected chi connectivity index (χ4v) is 2.35. The fraction of sp³-hybridized carbons (Fsp3) is 1.00. The first-order chi connectivity index (χ1) is 10.8. The average Bonchev–Trinajstić information content (AvgIpc) is 2.34. The van der Waals surface area contributed by atoms with Crippen LogP contribution in [0.1, 0.15) is 19.3 Å². The lowest BCUT2D eigenvalue weighted by Gasteiger charge is -2.29. The maximum Gasteiger partial charge on any atom is 0.403 e. The summed E-state index contributed by atoms with van der Waals surface area (Å²) in [6.45, 7) is -1.70. The zero-order chi connectivity index (χ0) is 18.6. The van der Waals surface area contributed by atoms with Crippen molar-refractivity contribution < 1.29 is 39.5 Å². The Labute approximate surface area is 132 Å². The van der Waals surface area contributed by atoms with E-state index in [1.165, 1.54) is 0 Å². The van der Waals surface area contributed by atoms with E-state index < -0.39 is 75.6 Å². The van der Waals surface area contributed by atoms with E-state index in [0.29, 0.717) is 0 Å². The summed E-state index contributed by atoms with van der Waals surface area (Å²) in [7, 11) is 0. The van der Waals surface area contributed by atoms with Crippen LogP contribution in [0, 0.1) is 0 Å². The van der Waals surface area contributed by atoms with Crippen molar-refractivity contribution in [3.63, 3.8) is 0 Å². The SMILES string of the molecule is FC(F)(F)C1CCNC(C(F)(F)F)CCNC(C(F)(F)F)CCN1. The van der Waals surface area contributed by atoms with Crippen molar-refractivity contribution in [3.8, 4) is 0 Å². The number of hydrogen-bond acceptors (Lipinski definition) is 3. The van der Waals surface area contributed by atoms with Crippen LogP contribution < -0.4 is 16.0 Å². The van der Waals surface area contributed by atoms with Crippen molar-refractivity contribution in [2.24, 2.45) is 0 Å². The van der Waals surface area contributed by atoms with E-state index in [4.69, 9.17) is 0 Å². The van der Waals surface area contributed by atoms with Gasteiger partial charge in [-0.15, -0.1) is 0 Å². The molecule has 1 aliphatic rings. The lowest BCUT2D eigenvalue weighted by Crippen LogP contribution is -2.52. The molecular formula is C12H18F9N3. The van der Waals surface area contributed by atoms with Gasteiger partial charge in [0.05, 0.1) is 0 Å². The van der Waals surface area contributed by atoms with Gasteiger partial charge < -0.3 is 16.0 Å². The van der Waals surface area contributed by atoms with Crippen LogP contribution in [0.4, 0.5) is 39.5 Å². The van der Waals surface area contributed by atoms with Crippen LogP contribution in [-0.2, 0) is 0 Å². The van der Waals surface area contributed by atoms with E-state index in [2.05, 4.69) is 0 Å². The number of halogens is 9. The van der Waals surface area contributed by atoms with Crippen LogP contribution in [0.25, 0.3) is 0 Å². The number of nitrogens with one attached hydrogen (secondary N) is 3. The first kappa shape index (κ1) is 21.3. The summed E-state index contributed by atoms with van der Waals surface area (Å²) >= 11 is 0. The molecule has 24 heavy (non-hydrogen) atoms. The Balaban J connectivity index is 2.86. The van der Waals surface area contributed by atoms with Gasteiger partial charge in [0.1, 0.15) is 18.1 Å². The number of alkyl halides is 9. The Morgan fingerprint density at radius 1 is 0.458 bits per heavy atom. The summed E-state index contributed by atoms with van der Waals surface area (Å²) in [4.78, 5) is 0. The van der Waals surface area contributed by atoms with Gasteiger partial charge in [0, 0.05) is 0 Å². The third kappa shape index (κ3) is 7.01. The minimum absolute atomic E-state index is 0.565. The minimum Gasteiger partial charge on any atom is -0.306 e. The maximum atomic E-state index is 12.8. The summed E-state index contributed by atoms with van der Waals surface area (Å²) in [5.74, 6) is 0. The molecular weight excluding hydrogens is 357 g/mol. The van der Waals surface area contributed by atoms with E-state index in [1.54, 1.807) is 0 Å². The van der Waals surface area contributed by atoms with Gasteiger partial charge in [0.2, 0.25) is 0 Å². The first-order valence-corrected chi connectivity index (χ1v) is 7.22. The smallest absolute Gasteiger partial charge is 0.306 e. The molecule has 0 aromatic carbocycles. The molecule has 1 fully saturated rings. The lowest BCUT2D eigenvalue weighted by molar-refractivity contribution is -0.168. The molecule has 3 N–H and O–H groups in total. The molecule has 0 aromatic heterocycles. The van der Waals surface area contributed by atoms with E-state index in [0.717, 1.165) is 0 Å². The van der Waals surface area contributed by atoms with Crippen LogP contribution in [-0.4, -0.2) is 56.3 Å². The summed E-state index contributed by atoms with van der Waals surface area (Å²) in [5, 5.41) is 5.84. The van der Waals surface area contributed by atoms with Crippen molar-refractivity contribution in [1.29, 1.82) is 0 Å². The molecule has 1 saturated heterocycles. The van der Waals surface area contributed by atoms with Gasteiger partial charge in [-0.3, -0.25) is 0 Å². The highest BCUT2D eigenvalue weighted by Gasteiger charge is 2.44. The van der Waals surface area contributed by atoms with E-state index >= 15 is 0 Å². The minimum atomic E-state index is -4.76. The summed E-state index contributed by atoms with van der Waals surface area (Å²) < 4.78 is 115. The molecule has 3 nitrogen and oxygen atoms in total. The van der Waals surface area contributed by atoms with Crippen molar-refractivity contribution in [3.05, 3.63) is 0 Å². The van der Waals surface area contributed by atoms with Gasteiger partial charge in [0.25, 0.3) is 0 Å². The van der Waals surface area contributed by atoms with Crippen molar-refractivity contribution in [2.45, 2.75) is 55.9 Å². The van der Waals surface area contributed by atoms with Crippen LogP contribution in [0.5, 0.6) is 0 Å². The largest absolute Gasteiger partial charge is 0.403 e. The molecule has 0 spiro atoms. The van der Waals surface area contributed by atoms with Crippen LogP contribution in [0.2, 0.25) is 0 Å². The zero-order valence-corrected chi connectivity index (χ0v) is 12.4. The second kappa shape index (κ2) is 8.09. The second-order valence-electron chi connectivity index (χ2n) is 5.51. The Morgan fingerprint density at radius 2 is 0.667 bits per heavy atom. The normalized spacial score (nSPS) is 29.6. The predicted octanol–water partition coefficient (Wildman–Crippen LogP) is 2.73. The standard InChI is InChI=1S/C12H18F9N3/c13-10(14,15)7-1-4-22-8(11(16,17)18)3-6-24-9(2-5-23-7)12(19,20)21/h7-9,22-24H,1-6H2. The molecule has 144 valence electrons. The molecule has 0 bridgehead atoms. The summed E-state index contributed by atoms with van der Waals surface area (Å²) in [5.41, 5.74) is 0. The molecule has 1 rings (SSSR count). The molecule has 3 atom stereocenters. The van der Waals surface area contributed by atoms with Gasteiger partial charge in [-0.05, 0) is 38.9 Å². The van der Waals surface area contributed by atoms with Crippen molar-refractivity contribution in [1.82, 2.24) is 16.0 Å². The molecule has 0 radical (unpaired) electrons. The molecule has 1 heterocycles. The van der Waals surface area contributed by atoms with Gasteiger partial charge in [-0.2, -0.15) is 39.5 Å². The maximum absolute atomic E-state index is 12.8. The third-order valence-corrected chi connectivity index (χ3v) is 3.66. The summed E-state index contributed by atoms with van der Waals surface area (Å²) in [6.07, 6.45) is -16.4. The van der Waals surface area contributed by atoms with Gasteiger partial charge in [0.15, 0.2) is 0 Å². The summed E-state index contributed by atoms with van der Waals surface area (Å²) in [6, 6.07) is -6.52. The molecule has 0 amide bonds. The van der Waals surface area contributed by atoms with Gasteiger partial charge in [-0.1, -0.05) is 0 Å². The zero-order valence-electron chi connectivity index (χ0n) is 12.4. The molecule has 0 saturated carbocycles. The first-order valence-electron chi connectivity index (χ1n) is 7.22. The van der Waals surface area contributed by atoms with Gasteiger partial charge >= 0.3 is 18.5 Å². The molecule has 3 unspecified atom stereocenters. The van der Waals surface area contributed by atoms with Crippen molar-refractivity contribution in [2.75, 3.05) is 19.6 Å². The third-order valence-electron chi connectivity index (χ3n) is 3.66.